The van der Waals surface area contributed by atoms with Crippen LogP contribution in [0.3, 0.4) is 0 Å². The maximum Gasteiger partial charge on any atom is 0.311 e. The van der Waals surface area contributed by atoms with Crippen molar-refractivity contribution in [2.45, 2.75) is 32.2 Å². The second kappa shape index (κ2) is 5.58. The van der Waals surface area contributed by atoms with E-state index in [1.165, 1.54) is 12.1 Å². The SMILES string of the molecule is CC1(C(=O)O)CCCC1NC(=O)c1cc(Cl)nc(Cl)c1. The number of rotatable bonds is 3. The summed E-state index contributed by atoms with van der Waals surface area (Å²) in [5.41, 5.74) is -0.661. The van der Waals surface area contributed by atoms with Crippen molar-refractivity contribution >= 4 is 35.1 Å². The monoisotopic (exact) mass is 316 g/mol. The van der Waals surface area contributed by atoms with Crippen molar-refractivity contribution in [1.82, 2.24) is 10.3 Å². The molecule has 20 heavy (non-hydrogen) atoms. The molecule has 0 aromatic carbocycles. The van der Waals surface area contributed by atoms with Crippen molar-refractivity contribution in [3.63, 3.8) is 0 Å². The maximum absolute atomic E-state index is 12.2. The van der Waals surface area contributed by atoms with Gasteiger partial charge in [-0.25, -0.2) is 4.98 Å². The fourth-order valence-corrected chi connectivity index (χ4v) is 2.95. The lowest BCUT2D eigenvalue weighted by molar-refractivity contribution is -0.148. The third kappa shape index (κ3) is 2.88. The summed E-state index contributed by atoms with van der Waals surface area (Å²) in [7, 11) is 0. The van der Waals surface area contributed by atoms with E-state index in [1.807, 2.05) is 0 Å². The van der Waals surface area contributed by atoms with Crippen molar-refractivity contribution in [2.24, 2.45) is 5.41 Å². The van der Waals surface area contributed by atoms with Gasteiger partial charge in [0, 0.05) is 11.6 Å². The fourth-order valence-electron chi connectivity index (χ4n) is 2.49. The van der Waals surface area contributed by atoms with Crippen LogP contribution in [-0.4, -0.2) is 28.0 Å². The van der Waals surface area contributed by atoms with Crippen LogP contribution in [0.5, 0.6) is 0 Å². The Morgan fingerprint density at radius 1 is 1.40 bits per heavy atom. The first-order chi connectivity index (χ1) is 9.33. The number of hydrogen-bond donors (Lipinski definition) is 2. The van der Waals surface area contributed by atoms with Gasteiger partial charge in [-0.3, -0.25) is 9.59 Å². The molecule has 7 heteroatoms. The number of nitrogens with zero attached hydrogens (tertiary/aromatic N) is 1. The van der Waals surface area contributed by atoms with Gasteiger partial charge in [-0.15, -0.1) is 0 Å². The Morgan fingerprint density at radius 3 is 2.55 bits per heavy atom. The predicted molar refractivity (Wildman–Crippen MR) is 75.1 cm³/mol. The molecule has 1 fully saturated rings. The minimum Gasteiger partial charge on any atom is -0.481 e. The fraction of sp³-hybridized carbons (Fsp3) is 0.462. The van der Waals surface area contributed by atoms with Crippen LogP contribution in [0.4, 0.5) is 0 Å². The van der Waals surface area contributed by atoms with Gasteiger partial charge in [-0.1, -0.05) is 29.6 Å². The molecule has 1 amide bonds. The summed E-state index contributed by atoms with van der Waals surface area (Å²) in [6, 6.07) is 2.39. The van der Waals surface area contributed by atoms with Crippen LogP contribution in [-0.2, 0) is 4.79 Å². The molecule has 2 N–H and O–H groups in total. The van der Waals surface area contributed by atoms with Gasteiger partial charge in [0.15, 0.2) is 0 Å². The van der Waals surface area contributed by atoms with E-state index in [4.69, 9.17) is 23.2 Å². The Kier molecular flexibility index (Phi) is 4.20. The molecule has 1 aromatic heterocycles. The van der Waals surface area contributed by atoms with Gasteiger partial charge in [-0.2, -0.15) is 0 Å². The largest absolute Gasteiger partial charge is 0.481 e. The van der Waals surface area contributed by atoms with E-state index in [-0.39, 0.29) is 15.9 Å². The Balaban J connectivity index is 2.17. The normalized spacial score (nSPS) is 25.4. The van der Waals surface area contributed by atoms with Crippen molar-refractivity contribution in [3.8, 4) is 0 Å². The Labute approximate surface area is 126 Å². The summed E-state index contributed by atoms with van der Waals surface area (Å²) in [4.78, 5) is 27.3. The molecular weight excluding hydrogens is 303 g/mol. The standard InChI is InChI=1S/C13H14Cl2N2O3/c1-13(12(19)20)4-2-3-8(13)16-11(18)7-5-9(14)17-10(15)6-7/h5-6,8H,2-4H2,1H3,(H,16,18)(H,19,20). The zero-order valence-corrected chi connectivity index (χ0v) is 12.3. The molecule has 2 rings (SSSR count). The van der Waals surface area contributed by atoms with Gasteiger partial charge in [0.2, 0.25) is 0 Å². The minimum atomic E-state index is -0.934. The quantitative estimate of drug-likeness (QED) is 0.840. The second-order valence-corrected chi connectivity index (χ2v) is 5.92. The summed E-state index contributed by atoms with van der Waals surface area (Å²) in [6.45, 7) is 1.65. The number of carbonyl (C=O) groups excluding carboxylic acids is 1. The lowest BCUT2D eigenvalue weighted by Crippen LogP contribution is -2.47. The lowest BCUT2D eigenvalue weighted by Gasteiger charge is -2.27. The molecule has 1 saturated carbocycles. The maximum atomic E-state index is 12.2. The summed E-state index contributed by atoms with van der Waals surface area (Å²) < 4.78 is 0. The van der Waals surface area contributed by atoms with Crippen molar-refractivity contribution in [3.05, 3.63) is 28.0 Å². The number of amides is 1. The number of carbonyl (C=O) groups is 2. The number of aromatic nitrogens is 1. The van der Waals surface area contributed by atoms with Gasteiger partial charge in [-0.05, 0) is 31.9 Å². The van der Waals surface area contributed by atoms with Crippen LogP contribution >= 0.6 is 23.2 Å². The van der Waals surface area contributed by atoms with Crippen LogP contribution in [0, 0.1) is 5.41 Å². The van der Waals surface area contributed by atoms with Crippen molar-refractivity contribution < 1.29 is 14.7 Å². The van der Waals surface area contributed by atoms with Crippen LogP contribution in [0.1, 0.15) is 36.5 Å². The molecule has 2 unspecified atom stereocenters. The van der Waals surface area contributed by atoms with E-state index in [0.29, 0.717) is 12.8 Å². The van der Waals surface area contributed by atoms with Crippen molar-refractivity contribution in [2.75, 3.05) is 0 Å². The van der Waals surface area contributed by atoms with Crippen LogP contribution in [0.2, 0.25) is 10.3 Å². The van der Waals surface area contributed by atoms with E-state index in [1.54, 1.807) is 6.92 Å². The Morgan fingerprint density at radius 2 is 2.00 bits per heavy atom. The zero-order chi connectivity index (χ0) is 14.9. The Hall–Kier alpha value is -1.33. The molecule has 1 heterocycles. The third-order valence-electron chi connectivity index (χ3n) is 3.78. The molecule has 1 aliphatic carbocycles. The first kappa shape index (κ1) is 15.1. The molecule has 5 nitrogen and oxygen atoms in total. The highest BCUT2D eigenvalue weighted by Crippen LogP contribution is 2.38. The highest BCUT2D eigenvalue weighted by molar-refractivity contribution is 6.33. The number of carboxylic acids is 1. The predicted octanol–water partition coefficient (Wildman–Crippen LogP) is 2.76. The first-order valence-electron chi connectivity index (χ1n) is 6.20. The molecule has 1 aromatic rings. The summed E-state index contributed by atoms with van der Waals surface area (Å²) in [5.74, 6) is -1.29. The molecule has 0 radical (unpaired) electrons. The molecule has 2 atom stereocenters. The topological polar surface area (TPSA) is 79.3 Å². The van der Waals surface area contributed by atoms with E-state index >= 15 is 0 Å². The Bertz CT molecular complexity index is 544. The summed E-state index contributed by atoms with van der Waals surface area (Å²) in [5, 5.41) is 12.3. The average Bonchev–Trinajstić information content (AvgIpc) is 2.71. The summed E-state index contributed by atoms with van der Waals surface area (Å²) >= 11 is 11.5. The number of aliphatic carboxylic acids is 1. The second-order valence-electron chi connectivity index (χ2n) is 5.14. The number of nitrogens with one attached hydrogen (secondary N) is 1. The molecule has 0 saturated heterocycles. The van der Waals surface area contributed by atoms with Crippen LogP contribution < -0.4 is 5.32 Å². The molecular formula is C13H14Cl2N2O3. The van der Waals surface area contributed by atoms with E-state index in [9.17, 15) is 14.7 Å². The summed E-state index contributed by atoms with van der Waals surface area (Å²) in [6.07, 6.45) is 1.96. The van der Waals surface area contributed by atoms with Crippen LogP contribution in [0.15, 0.2) is 12.1 Å². The molecule has 0 bridgehead atoms. The van der Waals surface area contributed by atoms with Gasteiger partial charge in [0.25, 0.3) is 5.91 Å². The highest BCUT2D eigenvalue weighted by atomic mass is 35.5. The number of halogens is 2. The van der Waals surface area contributed by atoms with Gasteiger partial charge < -0.3 is 10.4 Å². The van der Waals surface area contributed by atoms with E-state index in [0.717, 1.165) is 6.42 Å². The molecule has 0 aliphatic heterocycles. The number of carboxylic acid groups (broad SMARTS) is 1. The third-order valence-corrected chi connectivity index (χ3v) is 4.16. The molecule has 0 spiro atoms. The van der Waals surface area contributed by atoms with Crippen LogP contribution in [0.25, 0.3) is 0 Å². The number of hydrogen-bond acceptors (Lipinski definition) is 3. The number of pyridine rings is 1. The van der Waals surface area contributed by atoms with Crippen molar-refractivity contribution in [1.29, 1.82) is 0 Å². The smallest absolute Gasteiger partial charge is 0.311 e. The average molecular weight is 317 g/mol. The molecule has 108 valence electrons. The lowest BCUT2D eigenvalue weighted by atomic mass is 9.85. The highest BCUT2D eigenvalue weighted by Gasteiger charge is 2.45. The zero-order valence-electron chi connectivity index (χ0n) is 10.8. The van der Waals surface area contributed by atoms with E-state index < -0.39 is 23.3 Å². The van der Waals surface area contributed by atoms with E-state index in [2.05, 4.69) is 10.3 Å². The van der Waals surface area contributed by atoms with Gasteiger partial charge in [0.05, 0.1) is 5.41 Å². The van der Waals surface area contributed by atoms with Gasteiger partial charge in [0.1, 0.15) is 10.3 Å². The first-order valence-corrected chi connectivity index (χ1v) is 6.96. The molecule has 1 aliphatic rings. The minimum absolute atomic E-state index is 0.120. The van der Waals surface area contributed by atoms with Gasteiger partial charge >= 0.3 is 5.97 Å².